The molecule has 0 aliphatic carbocycles. The van der Waals surface area contributed by atoms with Gasteiger partial charge in [-0.2, -0.15) is 0 Å². The fourth-order valence-corrected chi connectivity index (χ4v) is 2.57. The van der Waals surface area contributed by atoms with E-state index in [4.69, 9.17) is 17.0 Å². The number of rotatable bonds is 3. The van der Waals surface area contributed by atoms with E-state index in [9.17, 15) is 0 Å². The lowest BCUT2D eigenvalue weighted by molar-refractivity contribution is 0.0110. The number of thiocarbonyl (C=S) groups is 1. The molecule has 0 spiro atoms. The first kappa shape index (κ1) is 12.3. The van der Waals surface area contributed by atoms with Crippen molar-refractivity contribution in [2.24, 2.45) is 0 Å². The van der Waals surface area contributed by atoms with Crippen molar-refractivity contribution in [3.05, 3.63) is 35.9 Å². The highest BCUT2D eigenvalue weighted by Gasteiger charge is 2.44. The van der Waals surface area contributed by atoms with E-state index in [1.54, 1.807) is 7.11 Å². The van der Waals surface area contributed by atoms with Crippen LogP contribution >= 0.6 is 12.2 Å². The Labute approximate surface area is 108 Å². The van der Waals surface area contributed by atoms with Gasteiger partial charge in [0.15, 0.2) is 11.3 Å². The molecular weight excluding hydrogens is 232 g/mol. The van der Waals surface area contributed by atoms with Crippen molar-refractivity contribution >= 4 is 17.3 Å². The van der Waals surface area contributed by atoms with Crippen LogP contribution < -0.4 is 5.32 Å². The summed E-state index contributed by atoms with van der Waals surface area (Å²) in [7, 11) is 1.70. The summed E-state index contributed by atoms with van der Waals surface area (Å²) in [5, 5.41) is 3.95. The van der Waals surface area contributed by atoms with Crippen molar-refractivity contribution in [3.63, 3.8) is 0 Å². The predicted octanol–water partition coefficient (Wildman–Crippen LogP) is 2.13. The fraction of sp³-hybridized carbons (Fsp3) is 0.462. The zero-order valence-corrected chi connectivity index (χ0v) is 11.3. The summed E-state index contributed by atoms with van der Waals surface area (Å²) >= 11 is 5.37. The Kier molecular flexibility index (Phi) is 3.35. The Morgan fingerprint density at radius 1 is 1.35 bits per heavy atom. The first-order valence-corrected chi connectivity index (χ1v) is 6.11. The molecule has 1 aromatic carbocycles. The van der Waals surface area contributed by atoms with Crippen molar-refractivity contribution in [2.75, 3.05) is 7.11 Å². The summed E-state index contributed by atoms with van der Waals surface area (Å²) in [6.07, 6.45) is -0.0567. The quantitative estimate of drug-likeness (QED) is 0.831. The molecule has 2 rings (SSSR count). The highest BCUT2D eigenvalue weighted by atomic mass is 32.1. The SMILES string of the molecule is CO[C@H]1NC(=S)N(Cc2ccccc2)C1(C)C. The molecule has 0 unspecified atom stereocenters. The van der Waals surface area contributed by atoms with Gasteiger partial charge in [0.2, 0.25) is 0 Å². The minimum Gasteiger partial charge on any atom is -0.359 e. The number of ether oxygens (including phenoxy) is 1. The van der Waals surface area contributed by atoms with Gasteiger partial charge in [-0.15, -0.1) is 0 Å². The highest BCUT2D eigenvalue weighted by Crippen LogP contribution is 2.27. The van der Waals surface area contributed by atoms with E-state index in [1.807, 2.05) is 18.2 Å². The van der Waals surface area contributed by atoms with Crippen molar-refractivity contribution in [1.29, 1.82) is 0 Å². The van der Waals surface area contributed by atoms with Gasteiger partial charge in [-0.05, 0) is 31.6 Å². The molecule has 17 heavy (non-hydrogen) atoms. The van der Waals surface area contributed by atoms with E-state index in [-0.39, 0.29) is 11.8 Å². The first-order valence-electron chi connectivity index (χ1n) is 5.70. The van der Waals surface area contributed by atoms with Crippen LogP contribution in [0, 0.1) is 0 Å². The molecule has 0 radical (unpaired) electrons. The lowest BCUT2D eigenvalue weighted by Gasteiger charge is -2.34. The molecule has 92 valence electrons. The van der Waals surface area contributed by atoms with Gasteiger partial charge in [-0.25, -0.2) is 0 Å². The molecule has 1 aliphatic rings. The van der Waals surface area contributed by atoms with E-state index in [2.05, 4.69) is 36.2 Å². The van der Waals surface area contributed by atoms with Gasteiger partial charge < -0.3 is 15.0 Å². The van der Waals surface area contributed by atoms with E-state index in [0.29, 0.717) is 0 Å². The average Bonchev–Trinajstić information content (AvgIpc) is 2.53. The van der Waals surface area contributed by atoms with Crippen molar-refractivity contribution < 1.29 is 4.74 Å². The van der Waals surface area contributed by atoms with Crippen LogP contribution in [0.1, 0.15) is 19.4 Å². The molecule has 1 aliphatic heterocycles. The van der Waals surface area contributed by atoms with Crippen LogP contribution in [0.3, 0.4) is 0 Å². The molecule has 4 heteroatoms. The van der Waals surface area contributed by atoms with Gasteiger partial charge >= 0.3 is 0 Å². The molecule has 0 amide bonds. The van der Waals surface area contributed by atoms with Crippen LogP contribution in [0.15, 0.2) is 30.3 Å². The number of benzene rings is 1. The summed E-state index contributed by atoms with van der Waals surface area (Å²) in [5.41, 5.74) is 1.11. The maximum atomic E-state index is 5.42. The third kappa shape index (κ3) is 2.28. The standard InChI is InChI=1S/C13H18N2OS/c1-13(2)11(16-3)14-12(17)15(13)9-10-7-5-4-6-8-10/h4-8,11H,9H2,1-3H3,(H,14,17)/t11-/m1/s1. The molecule has 0 bridgehead atoms. The second kappa shape index (κ2) is 4.63. The van der Waals surface area contributed by atoms with Crippen LogP contribution in [0.2, 0.25) is 0 Å². The van der Waals surface area contributed by atoms with Crippen LogP contribution in [0.25, 0.3) is 0 Å². The molecule has 0 saturated carbocycles. The number of nitrogens with zero attached hydrogens (tertiary/aromatic N) is 1. The molecule has 0 aromatic heterocycles. The third-order valence-corrected chi connectivity index (χ3v) is 3.59. The van der Waals surface area contributed by atoms with Crippen LogP contribution in [0.4, 0.5) is 0 Å². The number of methoxy groups -OCH3 is 1. The van der Waals surface area contributed by atoms with E-state index < -0.39 is 0 Å². The molecule has 1 aromatic rings. The van der Waals surface area contributed by atoms with E-state index in [0.717, 1.165) is 11.7 Å². The summed E-state index contributed by atoms with van der Waals surface area (Å²) in [6.45, 7) is 5.08. The van der Waals surface area contributed by atoms with Gasteiger partial charge in [0.25, 0.3) is 0 Å². The minimum atomic E-state index is -0.137. The van der Waals surface area contributed by atoms with Gasteiger partial charge in [-0.3, -0.25) is 0 Å². The van der Waals surface area contributed by atoms with Crippen LogP contribution in [0.5, 0.6) is 0 Å². The summed E-state index contributed by atoms with van der Waals surface area (Å²) < 4.78 is 5.42. The molecule has 1 heterocycles. The van der Waals surface area contributed by atoms with E-state index in [1.165, 1.54) is 5.56 Å². The third-order valence-electron chi connectivity index (χ3n) is 3.26. The van der Waals surface area contributed by atoms with Crippen LogP contribution in [-0.4, -0.2) is 28.9 Å². The summed E-state index contributed by atoms with van der Waals surface area (Å²) in [5.74, 6) is 0. The zero-order chi connectivity index (χ0) is 12.5. The number of hydrogen-bond acceptors (Lipinski definition) is 2. The Balaban J connectivity index is 2.18. The minimum absolute atomic E-state index is 0.0567. The molecule has 1 saturated heterocycles. The van der Waals surface area contributed by atoms with Gasteiger partial charge in [0.05, 0.1) is 5.54 Å². The number of hydrogen-bond donors (Lipinski definition) is 1. The smallest absolute Gasteiger partial charge is 0.171 e. The summed E-state index contributed by atoms with van der Waals surface area (Å²) in [6, 6.07) is 10.3. The lowest BCUT2D eigenvalue weighted by Crippen LogP contribution is -2.46. The first-order chi connectivity index (χ1) is 8.05. The largest absolute Gasteiger partial charge is 0.359 e. The Hall–Kier alpha value is -1.13. The normalized spacial score (nSPS) is 22.6. The monoisotopic (exact) mass is 250 g/mol. The molecule has 1 fully saturated rings. The predicted molar refractivity (Wildman–Crippen MR) is 72.6 cm³/mol. The highest BCUT2D eigenvalue weighted by molar-refractivity contribution is 7.80. The van der Waals surface area contributed by atoms with Gasteiger partial charge in [-0.1, -0.05) is 30.3 Å². The molecular formula is C13H18N2OS. The van der Waals surface area contributed by atoms with Crippen molar-refractivity contribution in [1.82, 2.24) is 10.2 Å². The summed E-state index contributed by atoms with van der Waals surface area (Å²) in [4.78, 5) is 2.17. The number of nitrogens with one attached hydrogen (secondary N) is 1. The molecule has 1 N–H and O–H groups in total. The second-order valence-corrected chi connectivity index (χ2v) is 5.18. The Bertz CT molecular complexity index is 405. The lowest BCUT2D eigenvalue weighted by atomic mass is 10.0. The molecule has 3 nitrogen and oxygen atoms in total. The van der Waals surface area contributed by atoms with E-state index >= 15 is 0 Å². The Morgan fingerprint density at radius 3 is 2.53 bits per heavy atom. The van der Waals surface area contributed by atoms with Crippen molar-refractivity contribution in [3.8, 4) is 0 Å². The second-order valence-electron chi connectivity index (χ2n) is 4.79. The molecule has 1 atom stereocenters. The average molecular weight is 250 g/mol. The Morgan fingerprint density at radius 2 is 2.00 bits per heavy atom. The van der Waals surface area contributed by atoms with Gasteiger partial charge in [0.1, 0.15) is 0 Å². The van der Waals surface area contributed by atoms with Gasteiger partial charge in [0, 0.05) is 13.7 Å². The maximum Gasteiger partial charge on any atom is 0.171 e. The van der Waals surface area contributed by atoms with Crippen LogP contribution in [-0.2, 0) is 11.3 Å². The topological polar surface area (TPSA) is 24.5 Å². The zero-order valence-electron chi connectivity index (χ0n) is 10.4. The van der Waals surface area contributed by atoms with Crippen molar-refractivity contribution in [2.45, 2.75) is 32.2 Å². The fourth-order valence-electron chi connectivity index (χ4n) is 2.16. The maximum absolute atomic E-state index is 5.42.